The van der Waals surface area contributed by atoms with E-state index in [-0.39, 0.29) is 25.7 Å². The highest BCUT2D eigenvalue weighted by atomic mass is 16.2. The Morgan fingerprint density at radius 3 is 1.28 bits per heavy atom. The van der Waals surface area contributed by atoms with Crippen LogP contribution in [0, 0.1) is 0 Å². The molecule has 14 nitrogen and oxygen atoms in total. The number of primary amides is 1. The lowest BCUT2D eigenvalue weighted by atomic mass is 10.0. The smallest absolute Gasteiger partial charge is 0.243 e. The van der Waals surface area contributed by atoms with Crippen LogP contribution >= 0.6 is 0 Å². The molecule has 0 saturated carbocycles. The van der Waals surface area contributed by atoms with Crippen LogP contribution in [0.4, 0.5) is 0 Å². The molecular weight excluding hydrogens is 638 g/mol. The van der Waals surface area contributed by atoms with E-state index in [9.17, 15) is 24.0 Å². The number of nitrogens with two attached hydrogens (primary N) is 5. The van der Waals surface area contributed by atoms with Gasteiger partial charge in [0.25, 0.3) is 0 Å². The molecular formula is C36H57N9O5. The molecule has 5 atom stereocenters. The third-order valence-corrected chi connectivity index (χ3v) is 8.32. The number of carbonyl (C=O) groups is 5. The Morgan fingerprint density at radius 1 is 0.480 bits per heavy atom. The molecule has 14 N–H and O–H groups in total. The van der Waals surface area contributed by atoms with Gasteiger partial charge in [-0.15, -0.1) is 0 Å². The van der Waals surface area contributed by atoms with Gasteiger partial charge in [-0.05, 0) is 95.0 Å². The van der Waals surface area contributed by atoms with E-state index in [2.05, 4.69) is 21.3 Å². The van der Waals surface area contributed by atoms with Crippen molar-refractivity contribution >= 4 is 29.5 Å². The second-order valence-corrected chi connectivity index (χ2v) is 12.5. The number of amides is 5. The number of carbonyl (C=O) groups excluding carboxylic acids is 5. The van der Waals surface area contributed by atoms with E-state index in [1.54, 1.807) is 0 Å². The number of nitrogens with one attached hydrogen (secondary N) is 4. The zero-order chi connectivity index (χ0) is 36.7. The summed E-state index contributed by atoms with van der Waals surface area (Å²) in [5.41, 5.74) is 30.4. The van der Waals surface area contributed by atoms with Crippen LogP contribution in [0.1, 0.15) is 68.9 Å². The van der Waals surface area contributed by atoms with Crippen molar-refractivity contribution in [2.45, 2.75) is 101 Å². The standard InChI is InChI=1S/C36H57N9O5/c37-20-10-7-17-28(32(41)46)42-34(48)30(19-9-12-22-39)44-36(50)31(24-26-15-5-2-6-16-26)45-35(49)29(18-8-11-21-38)43-33(47)27(40)23-25-13-3-1-4-14-25/h1-6,13-16,27-31H,7-12,17-24,37-40H2,(H2,41,46)(H,42,48)(H,43,47)(H,44,50)(H,45,49)/t27-,28-,29-,30-,31-/m0/s1. The molecule has 5 amide bonds. The van der Waals surface area contributed by atoms with Crippen molar-refractivity contribution in [1.29, 1.82) is 0 Å². The maximum Gasteiger partial charge on any atom is 0.243 e. The Bertz CT molecular complexity index is 1320. The Balaban J connectivity index is 2.28. The number of unbranched alkanes of at least 4 members (excludes halogenated alkanes) is 3. The fourth-order valence-electron chi connectivity index (χ4n) is 5.42. The molecule has 0 heterocycles. The highest BCUT2D eigenvalue weighted by Crippen LogP contribution is 2.10. The lowest BCUT2D eigenvalue weighted by molar-refractivity contribution is -0.134. The number of hydrogen-bond acceptors (Lipinski definition) is 9. The summed E-state index contributed by atoms with van der Waals surface area (Å²) in [6, 6.07) is 13.4. The molecule has 2 aromatic rings. The highest BCUT2D eigenvalue weighted by Gasteiger charge is 2.31. The van der Waals surface area contributed by atoms with Crippen LogP contribution in [0.15, 0.2) is 60.7 Å². The molecule has 0 radical (unpaired) electrons. The van der Waals surface area contributed by atoms with Crippen molar-refractivity contribution in [1.82, 2.24) is 21.3 Å². The molecule has 2 rings (SSSR count). The van der Waals surface area contributed by atoms with Crippen LogP contribution in [0.3, 0.4) is 0 Å². The predicted molar refractivity (Wildman–Crippen MR) is 194 cm³/mol. The molecule has 0 aliphatic carbocycles. The molecule has 0 aliphatic rings. The summed E-state index contributed by atoms with van der Waals surface area (Å²) in [5, 5.41) is 11.1. The van der Waals surface area contributed by atoms with Crippen molar-refractivity contribution in [3.05, 3.63) is 71.8 Å². The lowest BCUT2D eigenvalue weighted by Crippen LogP contribution is -2.59. The first-order valence-corrected chi connectivity index (χ1v) is 17.5. The van der Waals surface area contributed by atoms with Crippen LogP contribution in [0.25, 0.3) is 0 Å². The van der Waals surface area contributed by atoms with Gasteiger partial charge in [-0.3, -0.25) is 24.0 Å². The average Bonchev–Trinajstić information content (AvgIpc) is 3.10. The normalized spacial score (nSPS) is 14.0. The molecule has 2 aromatic carbocycles. The van der Waals surface area contributed by atoms with Gasteiger partial charge in [0.2, 0.25) is 29.5 Å². The van der Waals surface area contributed by atoms with E-state index in [0.717, 1.165) is 11.1 Å². The molecule has 0 saturated heterocycles. The third-order valence-electron chi connectivity index (χ3n) is 8.32. The van der Waals surface area contributed by atoms with E-state index in [4.69, 9.17) is 28.7 Å². The van der Waals surface area contributed by atoms with Gasteiger partial charge < -0.3 is 49.9 Å². The molecule has 0 fully saturated rings. The SMILES string of the molecule is NCCCC[C@H](NC(=O)[C@H](CCCCN)NC(=O)[C@H](Cc1ccccc1)NC(=O)[C@H](CCCCN)NC(=O)[C@@H](N)Cc1ccccc1)C(N)=O. The maximum atomic E-state index is 13.9. The van der Waals surface area contributed by atoms with Gasteiger partial charge in [0.05, 0.1) is 6.04 Å². The van der Waals surface area contributed by atoms with E-state index in [1.165, 1.54) is 0 Å². The second kappa shape index (κ2) is 23.9. The molecule has 0 spiro atoms. The minimum absolute atomic E-state index is 0.107. The van der Waals surface area contributed by atoms with E-state index in [0.29, 0.717) is 64.6 Å². The van der Waals surface area contributed by atoms with Crippen LogP contribution in [0.5, 0.6) is 0 Å². The minimum atomic E-state index is -1.11. The zero-order valence-corrected chi connectivity index (χ0v) is 29.0. The maximum absolute atomic E-state index is 13.9. The molecule has 0 unspecified atom stereocenters. The molecule has 0 aromatic heterocycles. The summed E-state index contributed by atoms with van der Waals surface area (Å²) in [7, 11) is 0. The van der Waals surface area contributed by atoms with Gasteiger partial charge in [0, 0.05) is 6.42 Å². The molecule has 0 bridgehead atoms. The van der Waals surface area contributed by atoms with E-state index < -0.39 is 59.7 Å². The average molecular weight is 696 g/mol. The van der Waals surface area contributed by atoms with E-state index >= 15 is 0 Å². The van der Waals surface area contributed by atoms with Crippen LogP contribution in [0.2, 0.25) is 0 Å². The molecule has 276 valence electrons. The second-order valence-electron chi connectivity index (χ2n) is 12.5. The van der Waals surface area contributed by atoms with Crippen molar-refractivity contribution in [2.75, 3.05) is 19.6 Å². The van der Waals surface area contributed by atoms with Gasteiger partial charge in [-0.25, -0.2) is 0 Å². The van der Waals surface area contributed by atoms with Crippen LogP contribution < -0.4 is 49.9 Å². The number of benzene rings is 2. The highest BCUT2D eigenvalue weighted by molar-refractivity contribution is 5.95. The summed E-state index contributed by atoms with van der Waals surface area (Å²) in [4.78, 5) is 66.4. The first kappa shape index (κ1) is 41.8. The summed E-state index contributed by atoms with van der Waals surface area (Å²) < 4.78 is 0. The Kier molecular flexibility index (Phi) is 20.0. The van der Waals surface area contributed by atoms with Crippen LogP contribution in [-0.4, -0.2) is 79.4 Å². The fourth-order valence-corrected chi connectivity index (χ4v) is 5.42. The quantitative estimate of drug-likeness (QED) is 0.0612. The first-order valence-electron chi connectivity index (χ1n) is 17.5. The van der Waals surface area contributed by atoms with Crippen molar-refractivity contribution < 1.29 is 24.0 Å². The summed E-state index contributed by atoms with van der Waals surface area (Å²) in [5.74, 6) is -2.95. The predicted octanol–water partition coefficient (Wildman–Crippen LogP) is -0.389. The summed E-state index contributed by atoms with van der Waals surface area (Å²) >= 11 is 0. The fraction of sp³-hybridized carbons (Fsp3) is 0.528. The van der Waals surface area contributed by atoms with Gasteiger partial charge in [0.1, 0.15) is 24.2 Å². The largest absolute Gasteiger partial charge is 0.368 e. The molecule has 0 aliphatic heterocycles. The van der Waals surface area contributed by atoms with Gasteiger partial charge in [0.15, 0.2) is 0 Å². The summed E-state index contributed by atoms with van der Waals surface area (Å²) in [6.45, 7) is 1.24. The van der Waals surface area contributed by atoms with Gasteiger partial charge >= 0.3 is 0 Å². The first-order chi connectivity index (χ1) is 24.1. The Labute approximate surface area is 295 Å². The zero-order valence-electron chi connectivity index (χ0n) is 29.0. The number of rotatable bonds is 25. The van der Waals surface area contributed by atoms with Gasteiger partial charge in [-0.1, -0.05) is 60.7 Å². The summed E-state index contributed by atoms with van der Waals surface area (Å²) in [6.07, 6.45) is 4.75. The topological polar surface area (TPSA) is 264 Å². The molecule has 50 heavy (non-hydrogen) atoms. The number of hydrogen-bond donors (Lipinski definition) is 9. The van der Waals surface area contributed by atoms with Crippen LogP contribution in [-0.2, 0) is 36.8 Å². The van der Waals surface area contributed by atoms with E-state index in [1.807, 2.05) is 60.7 Å². The van der Waals surface area contributed by atoms with Crippen molar-refractivity contribution in [3.63, 3.8) is 0 Å². The molecule has 14 heteroatoms. The minimum Gasteiger partial charge on any atom is -0.368 e. The Morgan fingerprint density at radius 2 is 0.840 bits per heavy atom. The Hall–Kier alpha value is -4.37. The third kappa shape index (κ3) is 15.9. The monoisotopic (exact) mass is 695 g/mol. The van der Waals surface area contributed by atoms with Gasteiger partial charge in [-0.2, -0.15) is 0 Å². The van der Waals surface area contributed by atoms with Crippen molar-refractivity contribution in [3.8, 4) is 0 Å². The van der Waals surface area contributed by atoms with Crippen molar-refractivity contribution in [2.24, 2.45) is 28.7 Å². The lowest BCUT2D eigenvalue weighted by Gasteiger charge is -2.27.